The molecule has 3 nitrogen and oxygen atoms in total. The Kier molecular flexibility index (Phi) is 4.59. The fraction of sp³-hybridized carbons (Fsp3) is 0.562. The summed E-state index contributed by atoms with van der Waals surface area (Å²) in [5.74, 6) is 0.887. The van der Waals surface area contributed by atoms with Crippen LogP contribution in [-0.4, -0.2) is 25.5 Å². The summed E-state index contributed by atoms with van der Waals surface area (Å²) >= 11 is 0. The van der Waals surface area contributed by atoms with Crippen molar-refractivity contribution in [1.29, 1.82) is 0 Å². The average molecular weight is 261 g/mol. The van der Waals surface area contributed by atoms with Crippen LogP contribution in [0.4, 0.5) is 5.69 Å². The molecule has 1 aromatic carbocycles. The Morgan fingerprint density at radius 3 is 2.68 bits per heavy atom. The number of rotatable bonds is 3. The van der Waals surface area contributed by atoms with Gasteiger partial charge in [-0.2, -0.15) is 0 Å². The van der Waals surface area contributed by atoms with Crippen LogP contribution in [0.2, 0.25) is 0 Å². The SMILES string of the molecule is Cc1cccc(C)c1NC(=O)C[NH+]1CCC[C@H](C)C1. The van der Waals surface area contributed by atoms with E-state index in [0.29, 0.717) is 6.54 Å². The topological polar surface area (TPSA) is 33.5 Å². The van der Waals surface area contributed by atoms with Gasteiger partial charge >= 0.3 is 0 Å². The number of aryl methyl sites for hydroxylation is 2. The zero-order valence-corrected chi connectivity index (χ0v) is 12.3. The molecule has 1 aliphatic rings. The molecule has 0 radical (unpaired) electrons. The van der Waals surface area contributed by atoms with Gasteiger partial charge in [0.1, 0.15) is 0 Å². The predicted molar refractivity (Wildman–Crippen MR) is 78.5 cm³/mol. The predicted octanol–water partition coefficient (Wildman–Crippen LogP) is 1.56. The van der Waals surface area contributed by atoms with Crippen molar-refractivity contribution in [2.45, 2.75) is 33.6 Å². The summed E-state index contributed by atoms with van der Waals surface area (Å²) < 4.78 is 0. The zero-order chi connectivity index (χ0) is 13.8. The first-order valence-electron chi connectivity index (χ1n) is 7.26. The fourth-order valence-corrected chi connectivity index (χ4v) is 2.98. The molecule has 104 valence electrons. The van der Waals surface area contributed by atoms with E-state index in [1.54, 1.807) is 0 Å². The third-order valence-corrected chi connectivity index (χ3v) is 4.02. The van der Waals surface area contributed by atoms with Crippen LogP contribution in [0.15, 0.2) is 18.2 Å². The van der Waals surface area contributed by atoms with Gasteiger partial charge in [-0.3, -0.25) is 4.79 Å². The number of carbonyl (C=O) groups is 1. The van der Waals surface area contributed by atoms with E-state index in [-0.39, 0.29) is 5.91 Å². The first kappa shape index (κ1) is 14.1. The molecule has 0 spiro atoms. The molecule has 3 heteroatoms. The molecular weight excluding hydrogens is 236 g/mol. The van der Waals surface area contributed by atoms with E-state index in [2.05, 4.69) is 12.2 Å². The highest BCUT2D eigenvalue weighted by Crippen LogP contribution is 2.18. The number of likely N-dealkylation sites (tertiary alicyclic amines) is 1. The van der Waals surface area contributed by atoms with Gasteiger partial charge in [-0.1, -0.05) is 25.1 Å². The minimum Gasteiger partial charge on any atom is -0.327 e. The summed E-state index contributed by atoms with van der Waals surface area (Å²) in [7, 11) is 0. The van der Waals surface area contributed by atoms with E-state index in [4.69, 9.17) is 0 Å². The first-order valence-corrected chi connectivity index (χ1v) is 7.26. The Hall–Kier alpha value is -1.35. The summed E-state index contributed by atoms with van der Waals surface area (Å²) in [5.41, 5.74) is 3.25. The molecule has 0 saturated carbocycles. The number of piperidine rings is 1. The van der Waals surface area contributed by atoms with Crippen LogP contribution >= 0.6 is 0 Å². The Morgan fingerprint density at radius 1 is 1.37 bits per heavy atom. The minimum absolute atomic E-state index is 0.140. The maximum Gasteiger partial charge on any atom is 0.279 e. The van der Waals surface area contributed by atoms with Gasteiger partial charge in [0, 0.05) is 11.6 Å². The van der Waals surface area contributed by atoms with Gasteiger partial charge in [0.25, 0.3) is 5.91 Å². The fourth-order valence-electron chi connectivity index (χ4n) is 2.98. The molecule has 1 saturated heterocycles. The van der Waals surface area contributed by atoms with Gasteiger partial charge in [0.2, 0.25) is 0 Å². The number of quaternary nitrogens is 1. The summed E-state index contributed by atoms with van der Waals surface area (Å²) in [5, 5.41) is 3.08. The van der Waals surface area contributed by atoms with Crippen molar-refractivity contribution in [3.63, 3.8) is 0 Å². The van der Waals surface area contributed by atoms with Gasteiger partial charge in [0.05, 0.1) is 13.1 Å². The van der Waals surface area contributed by atoms with E-state index in [9.17, 15) is 4.79 Å². The molecule has 1 aliphatic heterocycles. The largest absolute Gasteiger partial charge is 0.327 e. The van der Waals surface area contributed by atoms with E-state index < -0.39 is 0 Å². The lowest BCUT2D eigenvalue weighted by Gasteiger charge is -2.27. The van der Waals surface area contributed by atoms with Crippen molar-refractivity contribution in [2.24, 2.45) is 5.92 Å². The van der Waals surface area contributed by atoms with Crippen LogP contribution in [0, 0.1) is 19.8 Å². The highest BCUT2D eigenvalue weighted by Gasteiger charge is 2.22. The Labute approximate surface area is 116 Å². The highest BCUT2D eigenvalue weighted by atomic mass is 16.2. The molecule has 0 bridgehead atoms. The van der Waals surface area contributed by atoms with Crippen LogP contribution in [0.25, 0.3) is 0 Å². The van der Waals surface area contributed by atoms with E-state index in [1.165, 1.54) is 17.7 Å². The number of carbonyl (C=O) groups excluding carboxylic acids is 1. The third-order valence-electron chi connectivity index (χ3n) is 4.02. The highest BCUT2D eigenvalue weighted by molar-refractivity contribution is 5.93. The summed E-state index contributed by atoms with van der Waals surface area (Å²) in [6, 6.07) is 6.11. The van der Waals surface area contributed by atoms with Crippen LogP contribution in [0.5, 0.6) is 0 Å². The number of amides is 1. The molecule has 1 heterocycles. The second-order valence-corrected chi connectivity index (χ2v) is 5.94. The van der Waals surface area contributed by atoms with Crippen molar-refractivity contribution in [2.75, 3.05) is 25.0 Å². The molecule has 2 N–H and O–H groups in total. The number of hydrogen-bond acceptors (Lipinski definition) is 1. The molecule has 1 fully saturated rings. The van der Waals surface area contributed by atoms with Crippen LogP contribution in [0.1, 0.15) is 30.9 Å². The summed E-state index contributed by atoms with van der Waals surface area (Å²) in [4.78, 5) is 13.6. The Bertz CT molecular complexity index is 436. The van der Waals surface area contributed by atoms with Crippen molar-refractivity contribution in [1.82, 2.24) is 0 Å². The number of benzene rings is 1. The van der Waals surface area contributed by atoms with Crippen LogP contribution in [0.3, 0.4) is 0 Å². The van der Waals surface area contributed by atoms with E-state index in [1.807, 2.05) is 32.0 Å². The monoisotopic (exact) mass is 261 g/mol. The molecule has 1 unspecified atom stereocenters. The number of hydrogen-bond donors (Lipinski definition) is 2. The van der Waals surface area contributed by atoms with Crippen molar-refractivity contribution in [3.05, 3.63) is 29.3 Å². The molecule has 2 atom stereocenters. The lowest BCUT2D eigenvalue weighted by molar-refractivity contribution is -0.900. The Balaban J connectivity index is 1.94. The maximum absolute atomic E-state index is 12.2. The van der Waals surface area contributed by atoms with Gasteiger partial charge < -0.3 is 10.2 Å². The van der Waals surface area contributed by atoms with E-state index in [0.717, 1.165) is 35.8 Å². The lowest BCUT2D eigenvalue weighted by Crippen LogP contribution is -3.14. The Morgan fingerprint density at radius 2 is 2.05 bits per heavy atom. The van der Waals surface area contributed by atoms with Gasteiger partial charge in [-0.05, 0) is 37.8 Å². The van der Waals surface area contributed by atoms with Gasteiger partial charge in [-0.15, -0.1) is 0 Å². The quantitative estimate of drug-likeness (QED) is 0.850. The second kappa shape index (κ2) is 6.20. The van der Waals surface area contributed by atoms with E-state index >= 15 is 0 Å². The molecule has 0 aromatic heterocycles. The zero-order valence-electron chi connectivity index (χ0n) is 12.3. The maximum atomic E-state index is 12.2. The molecule has 0 aliphatic carbocycles. The summed E-state index contributed by atoms with van der Waals surface area (Å²) in [6.45, 7) is 9.21. The van der Waals surface area contributed by atoms with Crippen molar-refractivity contribution in [3.8, 4) is 0 Å². The number of anilines is 1. The number of para-hydroxylation sites is 1. The molecule has 2 rings (SSSR count). The van der Waals surface area contributed by atoms with Crippen molar-refractivity contribution >= 4 is 11.6 Å². The normalized spacial score (nSPS) is 23.1. The second-order valence-electron chi connectivity index (χ2n) is 5.94. The standard InChI is InChI=1S/C16H24N2O/c1-12-6-5-9-18(10-12)11-15(19)17-16-13(2)7-4-8-14(16)3/h4,7-8,12H,5-6,9-11H2,1-3H3,(H,17,19)/p+1/t12-/m0/s1. The molecule has 1 amide bonds. The van der Waals surface area contributed by atoms with Crippen molar-refractivity contribution < 1.29 is 9.69 Å². The summed E-state index contributed by atoms with van der Waals surface area (Å²) in [6.07, 6.45) is 2.55. The molecule has 19 heavy (non-hydrogen) atoms. The number of nitrogens with one attached hydrogen (secondary N) is 2. The smallest absolute Gasteiger partial charge is 0.279 e. The minimum atomic E-state index is 0.140. The molecule has 1 aromatic rings. The van der Waals surface area contributed by atoms with Crippen LogP contribution in [-0.2, 0) is 4.79 Å². The molecular formula is C16H25N2O+. The first-order chi connectivity index (χ1) is 9.06. The van der Waals surface area contributed by atoms with Gasteiger partial charge in [0.15, 0.2) is 6.54 Å². The lowest BCUT2D eigenvalue weighted by atomic mass is 10.0. The van der Waals surface area contributed by atoms with Gasteiger partial charge in [-0.25, -0.2) is 0 Å². The van der Waals surface area contributed by atoms with Crippen LogP contribution < -0.4 is 10.2 Å². The third kappa shape index (κ3) is 3.80. The average Bonchev–Trinajstić information content (AvgIpc) is 2.34.